The van der Waals surface area contributed by atoms with Gasteiger partial charge in [-0.15, -0.1) is 0 Å². The van der Waals surface area contributed by atoms with E-state index in [9.17, 15) is 20.1 Å². The highest BCUT2D eigenvalue weighted by atomic mass is 35.5. The Morgan fingerprint density at radius 2 is 1.96 bits per heavy atom. The van der Waals surface area contributed by atoms with Crippen molar-refractivity contribution in [3.63, 3.8) is 0 Å². The zero-order valence-electron chi connectivity index (χ0n) is 12.5. The molecule has 24 heavy (non-hydrogen) atoms. The molecule has 5 N–H and O–H groups in total. The van der Waals surface area contributed by atoms with E-state index in [1.54, 1.807) is 30.5 Å². The molecule has 1 heterocycles. The van der Waals surface area contributed by atoms with Crippen LogP contribution in [0, 0.1) is 0 Å². The molecule has 1 aromatic carbocycles. The smallest absolute Gasteiger partial charge is 0.252 e. The third kappa shape index (κ3) is 3.34. The number of carbonyl (C=O) groups excluding carboxylic acids is 1. The van der Waals surface area contributed by atoms with Gasteiger partial charge in [-0.1, -0.05) is 23.7 Å². The number of hydrogen-bond donors (Lipinski definition) is 5. The first-order valence-corrected chi connectivity index (χ1v) is 7.69. The van der Waals surface area contributed by atoms with Crippen LogP contribution in [0.25, 0.3) is 11.1 Å². The van der Waals surface area contributed by atoms with Crippen LogP contribution in [-0.4, -0.2) is 49.7 Å². The van der Waals surface area contributed by atoms with E-state index in [-0.39, 0.29) is 12.0 Å². The van der Waals surface area contributed by atoms with Crippen LogP contribution < -0.4 is 5.32 Å². The summed E-state index contributed by atoms with van der Waals surface area (Å²) in [5.74, 6) is -0.0993. The molecule has 0 aliphatic heterocycles. The Kier molecular flexibility index (Phi) is 4.68. The fraction of sp³-hybridized carbons (Fsp3) is 0.250. The number of nitrogens with zero attached hydrogens (tertiary/aromatic N) is 1. The summed E-state index contributed by atoms with van der Waals surface area (Å²) in [6.45, 7) is 0. The monoisotopic (exact) mass is 349 g/mol. The molecule has 2 aromatic rings. The summed E-state index contributed by atoms with van der Waals surface area (Å²) in [5, 5.41) is 38.8. The van der Waals surface area contributed by atoms with Gasteiger partial charge in [0.25, 0.3) is 5.91 Å². The molecule has 3 atom stereocenters. The van der Waals surface area contributed by atoms with Crippen LogP contribution in [0.1, 0.15) is 6.42 Å². The number of halogens is 1. The molecule has 8 heteroatoms. The van der Waals surface area contributed by atoms with Crippen LogP contribution in [0.5, 0.6) is 0 Å². The van der Waals surface area contributed by atoms with Gasteiger partial charge in [0.05, 0.1) is 12.3 Å². The number of H-pyrrole nitrogens is 1. The molecule has 1 aliphatic rings. The summed E-state index contributed by atoms with van der Waals surface area (Å²) < 4.78 is 0. The molecule has 3 rings (SSSR count). The Morgan fingerprint density at radius 1 is 1.25 bits per heavy atom. The fourth-order valence-electron chi connectivity index (χ4n) is 2.54. The van der Waals surface area contributed by atoms with E-state index in [1.165, 1.54) is 6.08 Å². The zero-order valence-corrected chi connectivity index (χ0v) is 13.2. The number of aliphatic hydroxyl groups is 3. The average molecular weight is 350 g/mol. The largest absolute Gasteiger partial charge is 0.390 e. The van der Waals surface area contributed by atoms with Crippen LogP contribution in [0.15, 0.2) is 42.1 Å². The quantitative estimate of drug-likeness (QED) is 0.568. The molecule has 0 unspecified atom stereocenters. The first-order chi connectivity index (χ1) is 11.5. The molecule has 1 aromatic heterocycles. The number of amides is 1. The van der Waals surface area contributed by atoms with Gasteiger partial charge in [-0.2, -0.15) is 5.10 Å². The van der Waals surface area contributed by atoms with Crippen molar-refractivity contribution < 1.29 is 20.1 Å². The Bertz CT molecular complexity index is 772. The summed E-state index contributed by atoms with van der Waals surface area (Å²) in [6.07, 6.45) is -1.00. The molecule has 1 amide bonds. The number of hydrogen-bond acceptors (Lipinski definition) is 5. The topological polar surface area (TPSA) is 118 Å². The second kappa shape index (κ2) is 6.74. The summed E-state index contributed by atoms with van der Waals surface area (Å²) >= 11 is 5.87. The minimum atomic E-state index is -1.29. The number of aliphatic hydroxyl groups excluding tert-OH is 3. The van der Waals surface area contributed by atoms with E-state index in [0.717, 1.165) is 5.56 Å². The normalized spacial score (nSPS) is 23.7. The highest BCUT2D eigenvalue weighted by molar-refractivity contribution is 6.30. The molecule has 0 bridgehead atoms. The minimum Gasteiger partial charge on any atom is -0.390 e. The first kappa shape index (κ1) is 16.7. The van der Waals surface area contributed by atoms with Gasteiger partial charge in [0.1, 0.15) is 18.0 Å². The van der Waals surface area contributed by atoms with Crippen LogP contribution in [0.3, 0.4) is 0 Å². The summed E-state index contributed by atoms with van der Waals surface area (Å²) in [6, 6.07) is 7.06. The fourth-order valence-corrected chi connectivity index (χ4v) is 2.66. The lowest BCUT2D eigenvalue weighted by Crippen LogP contribution is -2.41. The lowest BCUT2D eigenvalue weighted by molar-refractivity contribution is -0.114. The van der Waals surface area contributed by atoms with E-state index in [2.05, 4.69) is 15.5 Å². The van der Waals surface area contributed by atoms with Crippen molar-refractivity contribution in [2.45, 2.75) is 24.7 Å². The first-order valence-electron chi connectivity index (χ1n) is 7.31. The van der Waals surface area contributed by atoms with Crippen molar-refractivity contribution in [3.8, 4) is 11.1 Å². The van der Waals surface area contributed by atoms with E-state index in [0.29, 0.717) is 16.4 Å². The van der Waals surface area contributed by atoms with Crippen molar-refractivity contribution in [3.05, 3.63) is 47.1 Å². The number of aromatic amines is 1. The molecule has 126 valence electrons. The standard InChI is InChI=1S/C16H16ClN3O4/c17-10-3-1-8(2-4-10)11-7-18-20-15(11)19-16(24)9-5-12(21)14(23)13(22)6-9/h1-5,7,12-14,21-23H,6H2,(H2,18,19,20,24)/t12-,13-,14-/m1/s1. The maximum atomic E-state index is 12.3. The van der Waals surface area contributed by atoms with Gasteiger partial charge in [-0.25, -0.2) is 0 Å². The molecule has 0 radical (unpaired) electrons. The van der Waals surface area contributed by atoms with Crippen LogP contribution in [-0.2, 0) is 4.79 Å². The van der Waals surface area contributed by atoms with Gasteiger partial charge in [0, 0.05) is 22.6 Å². The highest BCUT2D eigenvalue weighted by Crippen LogP contribution is 2.28. The maximum absolute atomic E-state index is 12.3. The molecule has 0 saturated heterocycles. The van der Waals surface area contributed by atoms with Crippen molar-refractivity contribution >= 4 is 23.3 Å². The Labute approximate surface area is 142 Å². The summed E-state index contributed by atoms with van der Waals surface area (Å²) in [5.41, 5.74) is 1.69. The van der Waals surface area contributed by atoms with Gasteiger partial charge < -0.3 is 20.6 Å². The van der Waals surface area contributed by atoms with Crippen LogP contribution >= 0.6 is 11.6 Å². The van der Waals surface area contributed by atoms with Crippen LogP contribution in [0.2, 0.25) is 5.02 Å². The number of anilines is 1. The number of rotatable bonds is 3. The number of nitrogens with one attached hydrogen (secondary N) is 2. The van der Waals surface area contributed by atoms with E-state index in [4.69, 9.17) is 11.6 Å². The third-order valence-electron chi connectivity index (χ3n) is 3.87. The van der Waals surface area contributed by atoms with Gasteiger partial charge in [0.2, 0.25) is 0 Å². The highest BCUT2D eigenvalue weighted by Gasteiger charge is 2.31. The van der Waals surface area contributed by atoms with Gasteiger partial charge in [0.15, 0.2) is 0 Å². The molecular weight excluding hydrogens is 334 g/mol. The molecular formula is C16H16ClN3O4. The van der Waals surface area contributed by atoms with E-state index < -0.39 is 24.2 Å². The predicted molar refractivity (Wildman–Crippen MR) is 88.4 cm³/mol. The minimum absolute atomic E-state index is 0.0471. The van der Waals surface area contributed by atoms with Gasteiger partial charge >= 0.3 is 0 Å². The van der Waals surface area contributed by atoms with E-state index in [1.807, 2.05) is 0 Å². The summed E-state index contributed by atoms with van der Waals surface area (Å²) in [4.78, 5) is 12.3. The lowest BCUT2D eigenvalue weighted by atomic mass is 9.92. The van der Waals surface area contributed by atoms with Crippen LogP contribution in [0.4, 0.5) is 5.82 Å². The number of aromatic nitrogens is 2. The SMILES string of the molecule is O=C(Nc1[nH]ncc1-c1ccc(Cl)cc1)C1=C[C@@H](O)[C@@H](O)[C@H](O)C1. The molecule has 7 nitrogen and oxygen atoms in total. The number of carbonyl (C=O) groups is 1. The van der Waals surface area contributed by atoms with E-state index >= 15 is 0 Å². The Morgan fingerprint density at radius 3 is 2.62 bits per heavy atom. The molecule has 0 saturated carbocycles. The van der Waals surface area contributed by atoms with Gasteiger partial charge in [-0.3, -0.25) is 9.89 Å². The lowest BCUT2D eigenvalue weighted by Gasteiger charge is -2.27. The van der Waals surface area contributed by atoms with Crippen molar-refractivity contribution in [2.24, 2.45) is 0 Å². The molecule has 1 aliphatic carbocycles. The second-order valence-electron chi connectivity index (χ2n) is 5.56. The Balaban J connectivity index is 1.80. The zero-order chi connectivity index (χ0) is 17.3. The van der Waals surface area contributed by atoms with Crippen molar-refractivity contribution in [1.82, 2.24) is 10.2 Å². The van der Waals surface area contributed by atoms with Crippen molar-refractivity contribution in [2.75, 3.05) is 5.32 Å². The van der Waals surface area contributed by atoms with Gasteiger partial charge in [-0.05, 0) is 23.8 Å². The average Bonchev–Trinajstić information content (AvgIpc) is 3.01. The second-order valence-corrected chi connectivity index (χ2v) is 6.00. The maximum Gasteiger partial charge on any atom is 0.252 e. The Hall–Kier alpha value is -2.19. The van der Waals surface area contributed by atoms with Crippen molar-refractivity contribution in [1.29, 1.82) is 0 Å². The predicted octanol–water partition coefficient (Wildman–Crippen LogP) is 1.08. The summed E-state index contributed by atoms with van der Waals surface area (Å²) in [7, 11) is 0. The number of benzene rings is 1. The molecule has 0 fully saturated rings. The third-order valence-corrected chi connectivity index (χ3v) is 4.12. The molecule has 0 spiro atoms.